The number of hydrogen-bond donors (Lipinski definition) is 0. The van der Waals surface area contributed by atoms with E-state index < -0.39 is 0 Å². The molecule has 150 valence electrons. The second kappa shape index (κ2) is 7.76. The van der Waals surface area contributed by atoms with Gasteiger partial charge in [0.1, 0.15) is 5.75 Å². The third kappa shape index (κ3) is 3.63. The van der Waals surface area contributed by atoms with Gasteiger partial charge in [0.25, 0.3) is 5.56 Å². The van der Waals surface area contributed by atoms with Crippen molar-refractivity contribution in [3.05, 3.63) is 81.2 Å². The number of likely N-dealkylation sites (tertiary alicyclic amines) is 1. The number of ether oxygens (including phenoxy) is 1. The molecule has 1 fully saturated rings. The Kier molecular flexibility index (Phi) is 4.97. The second-order valence-electron chi connectivity index (χ2n) is 8.20. The molecule has 0 N–H and O–H groups in total. The predicted octanol–water partition coefficient (Wildman–Crippen LogP) is 3.72. The lowest BCUT2D eigenvalue weighted by atomic mass is 9.76. The Morgan fingerprint density at radius 3 is 2.90 bits per heavy atom. The van der Waals surface area contributed by atoms with Crippen molar-refractivity contribution in [3.8, 4) is 5.75 Å². The van der Waals surface area contributed by atoms with Gasteiger partial charge in [-0.3, -0.25) is 9.69 Å². The number of pyridine rings is 1. The smallest absolute Gasteiger partial charge is 0.251 e. The van der Waals surface area contributed by atoms with Crippen LogP contribution in [0.15, 0.2) is 58.8 Å². The Hall–Kier alpha value is -2.44. The Morgan fingerprint density at radius 2 is 2.07 bits per heavy atom. The van der Waals surface area contributed by atoms with Gasteiger partial charge in [0.2, 0.25) is 0 Å². The number of nitrogens with zero attached hydrogens (tertiary/aromatic N) is 3. The zero-order chi connectivity index (χ0) is 19.8. The van der Waals surface area contributed by atoms with Gasteiger partial charge in [-0.15, -0.1) is 0 Å². The molecular formula is C23H25N3O2S. The van der Waals surface area contributed by atoms with E-state index in [-0.39, 0.29) is 11.6 Å². The number of hydrogen-bond acceptors (Lipinski definition) is 5. The highest BCUT2D eigenvalue weighted by Crippen LogP contribution is 2.42. The van der Waals surface area contributed by atoms with Crippen LogP contribution >= 0.6 is 11.5 Å². The average molecular weight is 408 g/mol. The van der Waals surface area contributed by atoms with Crippen molar-refractivity contribution < 1.29 is 4.74 Å². The summed E-state index contributed by atoms with van der Waals surface area (Å²) >= 11 is 1.51. The first kappa shape index (κ1) is 18.6. The molecule has 0 spiro atoms. The molecule has 1 saturated heterocycles. The SMILES string of the molecule is COc1cccc(C[C@H]2[C@H]3C[C@H](CN(Cc4cnsc4)C3)c3cccc(=O)n32)c1. The lowest BCUT2D eigenvalue weighted by Crippen LogP contribution is -2.49. The van der Waals surface area contributed by atoms with Crippen molar-refractivity contribution >= 4 is 11.5 Å². The number of methoxy groups -OCH3 is 1. The van der Waals surface area contributed by atoms with Crippen molar-refractivity contribution in [2.24, 2.45) is 5.92 Å². The van der Waals surface area contributed by atoms with Crippen LogP contribution in [0, 0.1) is 5.92 Å². The van der Waals surface area contributed by atoms with Gasteiger partial charge in [-0.05, 0) is 59.6 Å². The van der Waals surface area contributed by atoms with E-state index in [1.165, 1.54) is 28.4 Å². The second-order valence-corrected chi connectivity index (χ2v) is 8.86. The molecule has 1 aromatic carbocycles. The quantitative estimate of drug-likeness (QED) is 0.647. The Bertz CT molecular complexity index is 1050. The number of aromatic nitrogens is 2. The number of piperidine rings is 1. The fourth-order valence-electron chi connectivity index (χ4n) is 5.13. The zero-order valence-corrected chi connectivity index (χ0v) is 17.3. The monoisotopic (exact) mass is 407 g/mol. The van der Waals surface area contributed by atoms with E-state index in [1.54, 1.807) is 13.2 Å². The summed E-state index contributed by atoms with van der Waals surface area (Å²) in [6, 6.07) is 14.2. The molecule has 5 nitrogen and oxygen atoms in total. The van der Waals surface area contributed by atoms with Gasteiger partial charge in [-0.25, -0.2) is 4.37 Å². The maximum absolute atomic E-state index is 12.9. The van der Waals surface area contributed by atoms with Gasteiger partial charge in [0.15, 0.2) is 0 Å². The van der Waals surface area contributed by atoms with Crippen LogP contribution in [0.1, 0.15) is 35.2 Å². The summed E-state index contributed by atoms with van der Waals surface area (Å²) < 4.78 is 11.8. The molecule has 6 heteroatoms. The van der Waals surface area contributed by atoms with E-state index in [0.717, 1.165) is 38.2 Å². The number of fused-ring (bicyclic) bond motifs is 4. The van der Waals surface area contributed by atoms with E-state index in [4.69, 9.17) is 4.74 Å². The van der Waals surface area contributed by atoms with E-state index in [0.29, 0.717) is 11.8 Å². The van der Waals surface area contributed by atoms with Gasteiger partial charge in [0, 0.05) is 54.9 Å². The van der Waals surface area contributed by atoms with Crippen molar-refractivity contribution in [2.45, 2.75) is 31.3 Å². The Labute approximate surface area is 174 Å². The van der Waals surface area contributed by atoms with Crippen LogP contribution in [0.4, 0.5) is 0 Å². The van der Waals surface area contributed by atoms with Gasteiger partial charge >= 0.3 is 0 Å². The minimum absolute atomic E-state index is 0.126. The number of benzene rings is 1. The fraction of sp³-hybridized carbons (Fsp3) is 0.391. The van der Waals surface area contributed by atoms with Crippen molar-refractivity contribution in [2.75, 3.05) is 20.2 Å². The van der Waals surface area contributed by atoms with Crippen LogP contribution in [-0.4, -0.2) is 34.0 Å². The molecule has 3 atom stereocenters. The van der Waals surface area contributed by atoms with Crippen molar-refractivity contribution in [1.82, 2.24) is 13.8 Å². The Balaban J connectivity index is 1.49. The summed E-state index contributed by atoms with van der Waals surface area (Å²) in [4.78, 5) is 15.4. The van der Waals surface area contributed by atoms with Crippen molar-refractivity contribution in [1.29, 1.82) is 0 Å². The molecular weight excluding hydrogens is 382 g/mol. The topological polar surface area (TPSA) is 47.4 Å². The highest BCUT2D eigenvalue weighted by molar-refractivity contribution is 7.03. The third-order valence-electron chi connectivity index (χ3n) is 6.34. The first-order valence-electron chi connectivity index (χ1n) is 10.2. The van der Waals surface area contributed by atoms with Gasteiger partial charge in [-0.2, -0.15) is 0 Å². The summed E-state index contributed by atoms with van der Waals surface area (Å²) in [6.07, 6.45) is 3.97. The summed E-state index contributed by atoms with van der Waals surface area (Å²) in [7, 11) is 1.70. The van der Waals surface area contributed by atoms with Gasteiger partial charge in [0.05, 0.1) is 7.11 Å². The van der Waals surface area contributed by atoms with E-state index in [9.17, 15) is 4.79 Å². The molecule has 4 heterocycles. The molecule has 3 aromatic rings. The molecule has 2 aromatic heterocycles. The van der Waals surface area contributed by atoms with Gasteiger partial charge < -0.3 is 9.30 Å². The standard InChI is InChI=1S/C23H25N3O2S/c1-28-20-5-2-4-16(8-20)9-22-19-10-18(21-6-3-7-23(27)26(21)22)13-25(14-19)12-17-11-24-29-15-17/h2-8,11,15,18-19,22H,9-10,12-14H2,1H3/t18-,19+,22+/m1/s1. The molecule has 0 aliphatic carbocycles. The normalized spacial score (nSPS) is 23.6. The highest BCUT2D eigenvalue weighted by Gasteiger charge is 2.40. The van der Waals surface area contributed by atoms with Crippen LogP contribution < -0.4 is 10.3 Å². The van der Waals surface area contributed by atoms with E-state index >= 15 is 0 Å². The first-order valence-corrected chi connectivity index (χ1v) is 11.0. The van der Waals surface area contributed by atoms with E-state index in [1.807, 2.05) is 24.4 Å². The molecule has 2 aliphatic rings. The minimum atomic E-state index is 0.126. The molecule has 29 heavy (non-hydrogen) atoms. The fourth-order valence-corrected chi connectivity index (χ4v) is 5.66. The van der Waals surface area contributed by atoms with Crippen LogP contribution in [0.2, 0.25) is 0 Å². The lowest BCUT2D eigenvalue weighted by Gasteiger charge is -2.47. The zero-order valence-electron chi connectivity index (χ0n) is 16.5. The number of rotatable bonds is 5. The summed E-state index contributed by atoms with van der Waals surface area (Å²) in [5.41, 5.74) is 3.81. The molecule has 5 rings (SSSR count). The molecule has 2 aliphatic heterocycles. The predicted molar refractivity (Wildman–Crippen MR) is 115 cm³/mol. The maximum atomic E-state index is 12.9. The molecule has 0 saturated carbocycles. The summed E-state index contributed by atoms with van der Waals surface area (Å²) in [6.45, 7) is 2.95. The lowest BCUT2D eigenvalue weighted by molar-refractivity contribution is 0.0853. The van der Waals surface area contributed by atoms with Gasteiger partial charge in [-0.1, -0.05) is 18.2 Å². The largest absolute Gasteiger partial charge is 0.497 e. The first-order chi connectivity index (χ1) is 14.2. The molecule has 2 bridgehead atoms. The Morgan fingerprint density at radius 1 is 1.17 bits per heavy atom. The summed E-state index contributed by atoms with van der Waals surface area (Å²) in [5.74, 6) is 1.74. The highest BCUT2D eigenvalue weighted by atomic mass is 32.1. The van der Waals surface area contributed by atoms with Crippen molar-refractivity contribution in [3.63, 3.8) is 0 Å². The van der Waals surface area contributed by atoms with Crippen LogP contribution in [-0.2, 0) is 13.0 Å². The molecule has 0 unspecified atom stereocenters. The minimum Gasteiger partial charge on any atom is -0.497 e. The van der Waals surface area contributed by atoms with Crippen LogP contribution in [0.25, 0.3) is 0 Å². The van der Waals surface area contributed by atoms with Crippen LogP contribution in [0.5, 0.6) is 5.75 Å². The van der Waals surface area contributed by atoms with E-state index in [2.05, 4.69) is 37.4 Å². The average Bonchev–Trinajstić information content (AvgIpc) is 3.24. The summed E-state index contributed by atoms with van der Waals surface area (Å²) in [5, 5.41) is 2.14. The third-order valence-corrected chi connectivity index (χ3v) is 6.98. The van der Waals surface area contributed by atoms with Crippen LogP contribution in [0.3, 0.4) is 0 Å². The molecule has 0 radical (unpaired) electrons. The maximum Gasteiger partial charge on any atom is 0.251 e. The molecule has 0 amide bonds.